The van der Waals surface area contributed by atoms with Gasteiger partial charge in [0.1, 0.15) is 6.54 Å². The number of aliphatic carboxylic acids is 1. The van der Waals surface area contributed by atoms with Gasteiger partial charge in [0.15, 0.2) is 0 Å². The van der Waals surface area contributed by atoms with E-state index in [1.165, 1.54) is 17.0 Å². The van der Waals surface area contributed by atoms with Gasteiger partial charge in [-0.1, -0.05) is 30.3 Å². The lowest BCUT2D eigenvalue weighted by atomic mass is 10.2. The number of nitrogens with zero attached hydrogens (tertiary/aromatic N) is 2. The van der Waals surface area contributed by atoms with E-state index in [0.717, 1.165) is 10.1 Å². The van der Waals surface area contributed by atoms with Crippen LogP contribution < -0.4 is 11.1 Å². The summed E-state index contributed by atoms with van der Waals surface area (Å²) in [5.74, 6) is -1.16. The first-order valence-electron chi connectivity index (χ1n) is 5.63. The average Bonchev–Trinajstić information content (AvgIpc) is 2.39. The van der Waals surface area contributed by atoms with Crippen molar-refractivity contribution in [1.82, 2.24) is 9.13 Å². The van der Waals surface area contributed by atoms with Gasteiger partial charge in [0.25, 0.3) is 0 Å². The van der Waals surface area contributed by atoms with E-state index in [-0.39, 0.29) is 6.54 Å². The molecule has 0 atom stereocenters. The van der Waals surface area contributed by atoms with E-state index < -0.39 is 23.6 Å². The summed E-state index contributed by atoms with van der Waals surface area (Å²) in [6.45, 7) is -0.233. The second-order valence-corrected chi connectivity index (χ2v) is 4.04. The van der Waals surface area contributed by atoms with Crippen LogP contribution in [0.5, 0.6) is 0 Å². The van der Waals surface area contributed by atoms with Crippen molar-refractivity contribution < 1.29 is 9.90 Å². The first kappa shape index (κ1) is 12.8. The summed E-state index contributed by atoms with van der Waals surface area (Å²) in [5.41, 5.74) is -0.673. The number of carbonyl (C=O) groups is 1. The van der Waals surface area contributed by atoms with E-state index in [0.29, 0.717) is 0 Å². The normalized spacial score (nSPS) is 10.3. The summed E-state index contributed by atoms with van der Waals surface area (Å²) in [6, 6.07) is 9.22. The maximum absolute atomic E-state index is 11.8. The minimum atomic E-state index is -1.16. The second-order valence-electron chi connectivity index (χ2n) is 4.04. The molecule has 19 heavy (non-hydrogen) atoms. The van der Waals surface area contributed by atoms with Gasteiger partial charge >= 0.3 is 17.1 Å². The van der Waals surface area contributed by atoms with E-state index in [4.69, 9.17) is 5.11 Å². The number of hydrogen-bond donors (Lipinski definition) is 1. The van der Waals surface area contributed by atoms with Crippen molar-refractivity contribution in [2.75, 3.05) is 0 Å². The van der Waals surface area contributed by atoms with Crippen LogP contribution in [0.3, 0.4) is 0 Å². The molecule has 0 aliphatic heterocycles. The monoisotopic (exact) mass is 260 g/mol. The molecule has 1 aromatic carbocycles. The summed E-state index contributed by atoms with van der Waals surface area (Å²) in [4.78, 5) is 34.0. The molecule has 0 saturated heterocycles. The highest BCUT2D eigenvalue weighted by molar-refractivity contribution is 5.66. The quantitative estimate of drug-likeness (QED) is 0.793. The first-order chi connectivity index (χ1) is 9.08. The van der Waals surface area contributed by atoms with Gasteiger partial charge in [-0.15, -0.1) is 0 Å². The van der Waals surface area contributed by atoms with E-state index in [9.17, 15) is 14.4 Å². The molecule has 0 radical (unpaired) electrons. The molecular formula is C13H12N2O4. The van der Waals surface area contributed by atoms with Crippen molar-refractivity contribution in [3.05, 3.63) is 69.0 Å². The second kappa shape index (κ2) is 5.34. The van der Waals surface area contributed by atoms with Crippen LogP contribution in [0.25, 0.3) is 0 Å². The Kier molecular flexibility index (Phi) is 3.61. The Morgan fingerprint density at radius 2 is 1.58 bits per heavy atom. The van der Waals surface area contributed by atoms with Crippen LogP contribution in [0.1, 0.15) is 5.56 Å². The molecule has 2 rings (SSSR count). The zero-order valence-electron chi connectivity index (χ0n) is 10.0. The Morgan fingerprint density at radius 3 is 2.21 bits per heavy atom. The van der Waals surface area contributed by atoms with Crippen molar-refractivity contribution >= 4 is 5.97 Å². The molecule has 0 bridgehead atoms. The molecule has 0 aliphatic rings. The highest BCUT2D eigenvalue weighted by Gasteiger charge is 2.07. The fourth-order valence-corrected chi connectivity index (χ4v) is 1.72. The fourth-order valence-electron chi connectivity index (χ4n) is 1.72. The van der Waals surface area contributed by atoms with Crippen LogP contribution in [-0.2, 0) is 17.9 Å². The fraction of sp³-hybridized carbons (Fsp3) is 0.154. The molecule has 1 aromatic heterocycles. The topological polar surface area (TPSA) is 81.3 Å². The zero-order chi connectivity index (χ0) is 13.8. The summed E-state index contributed by atoms with van der Waals surface area (Å²) in [5, 5.41) is 8.62. The summed E-state index contributed by atoms with van der Waals surface area (Å²) >= 11 is 0. The predicted octanol–water partition coefficient (Wildman–Crippen LogP) is 0.143. The lowest BCUT2D eigenvalue weighted by Crippen LogP contribution is -2.41. The Balaban J connectivity index is 2.34. The molecule has 1 heterocycles. The van der Waals surface area contributed by atoms with E-state index in [2.05, 4.69) is 0 Å². The van der Waals surface area contributed by atoms with E-state index in [1.54, 1.807) is 0 Å². The maximum Gasteiger partial charge on any atom is 0.323 e. The number of hydrogen-bond acceptors (Lipinski definition) is 3. The average molecular weight is 260 g/mol. The van der Waals surface area contributed by atoms with Gasteiger partial charge in [0.05, 0.1) is 6.54 Å². The number of aromatic nitrogens is 2. The van der Waals surface area contributed by atoms with Gasteiger partial charge in [0.2, 0.25) is 0 Å². The molecule has 98 valence electrons. The van der Waals surface area contributed by atoms with Crippen molar-refractivity contribution in [3.8, 4) is 0 Å². The van der Waals surface area contributed by atoms with Gasteiger partial charge in [-0.2, -0.15) is 0 Å². The largest absolute Gasteiger partial charge is 0.480 e. The molecule has 6 heteroatoms. The molecule has 0 unspecified atom stereocenters. The zero-order valence-corrected chi connectivity index (χ0v) is 10.0. The van der Waals surface area contributed by atoms with Gasteiger partial charge in [-0.3, -0.25) is 19.0 Å². The van der Waals surface area contributed by atoms with Crippen molar-refractivity contribution in [1.29, 1.82) is 0 Å². The highest BCUT2D eigenvalue weighted by Crippen LogP contribution is 1.99. The molecule has 0 aliphatic carbocycles. The standard InChI is InChI=1S/C13H12N2O4/c16-11(17)9-15-7-6-14(12(18)13(15)19)8-10-4-2-1-3-5-10/h1-7H,8-9H2,(H,16,17). The predicted molar refractivity (Wildman–Crippen MR) is 68.1 cm³/mol. The number of carboxylic acids is 1. The molecule has 2 aromatic rings. The number of rotatable bonds is 4. The lowest BCUT2D eigenvalue weighted by molar-refractivity contribution is -0.137. The Labute approximate surface area is 108 Å². The molecule has 0 fully saturated rings. The van der Waals surface area contributed by atoms with Crippen molar-refractivity contribution in [2.24, 2.45) is 0 Å². The van der Waals surface area contributed by atoms with Crippen LogP contribution in [0.4, 0.5) is 0 Å². The molecule has 0 saturated carbocycles. The van der Waals surface area contributed by atoms with Crippen molar-refractivity contribution in [2.45, 2.75) is 13.1 Å². The Morgan fingerprint density at radius 1 is 1.00 bits per heavy atom. The maximum atomic E-state index is 11.8. The minimum Gasteiger partial charge on any atom is -0.480 e. The summed E-state index contributed by atoms with van der Waals surface area (Å²) < 4.78 is 2.14. The molecular weight excluding hydrogens is 248 g/mol. The third-order valence-electron chi connectivity index (χ3n) is 2.63. The molecule has 1 N–H and O–H groups in total. The van der Waals surface area contributed by atoms with Crippen LogP contribution in [0, 0.1) is 0 Å². The van der Waals surface area contributed by atoms with Gasteiger partial charge in [-0.05, 0) is 5.56 Å². The number of carboxylic acid groups (broad SMARTS) is 1. The van der Waals surface area contributed by atoms with Crippen molar-refractivity contribution in [3.63, 3.8) is 0 Å². The number of benzene rings is 1. The van der Waals surface area contributed by atoms with E-state index in [1.807, 2.05) is 30.3 Å². The smallest absolute Gasteiger partial charge is 0.323 e. The van der Waals surface area contributed by atoms with E-state index >= 15 is 0 Å². The van der Waals surface area contributed by atoms with Gasteiger partial charge in [0, 0.05) is 12.4 Å². The third-order valence-corrected chi connectivity index (χ3v) is 2.63. The first-order valence-corrected chi connectivity index (χ1v) is 5.63. The SMILES string of the molecule is O=C(O)Cn1ccn(Cc2ccccc2)c(=O)c1=O. The van der Waals surface area contributed by atoms with Crippen LogP contribution in [-0.4, -0.2) is 20.2 Å². The highest BCUT2D eigenvalue weighted by atomic mass is 16.4. The van der Waals surface area contributed by atoms with Crippen LogP contribution in [0.15, 0.2) is 52.3 Å². The van der Waals surface area contributed by atoms with Crippen LogP contribution >= 0.6 is 0 Å². The summed E-state index contributed by atoms with van der Waals surface area (Å²) in [6.07, 6.45) is 2.72. The Hall–Kier alpha value is -2.63. The molecule has 0 spiro atoms. The van der Waals surface area contributed by atoms with Gasteiger partial charge in [-0.25, -0.2) is 0 Å². The van der Waals surface area contributed by atoms with Gasteiger partial charge < -0.3 is 9.67 Å². The summed E-state index contributed by atoms with van der Waals surface area (Å²) in [7, 11) is 0. The van der Waals surface area contributed by atoms with Crippen LogP contribution in [0.2, 0.25) is 0 Å². The lowest BCUT2D eigenvalue weighted by Gasteiger charge is -2.07. The Bertz CT molecular complexity index is 701. The third kappa shape index (κ3) is 2.98. The minimum absolute atomic E-state index is 0.281. The molecule has 0 amide bonds. The molecule has 6 nitrogen and oxygen atoms in total.